The zero-order valence-electron chi connectivity index (χ0n) is 10.9. The van der Waals surface area contributed by atoms with Gasteiger partial charge < -0.3 is 10.2 Å². The first-order chi connectivity index (χ1) is 9.61. The Kier molecular flexibility index (Phi) is 4.47. The number of hydrogen-bond acceptors (Lipinski definition) is 2. The molecule has 0 aliphatic carbocycles. The summed E-state index contributed by atoms with van der Waals surface area (Å²) in [4.78, 5) is 0. The van der Waals surface area contributed by atoms with Crippen molar-refractivity contribution < 1.29 is 19.0 Å². The molecule has 2 rings (SSSR count). The van der Waals surface area contributed by atoms with Crippen LogP contribution in [0, 0.1) is 11.6 Å². The Morgan fingerprint density at radius 3 is 2.00 bits per heavy atom. The third kappa shape index (κ3) is 2.86. The lowest BCUT2D eigenvalue weighted by Crippen LogP contribution is -2.38. The Labute approximate surface area is 116 Å². The van der Waals surface area contributed by atoms with Gasteiger partial charge in [0.2, 0.25) is 0 Å². The third-order valence-electron chi connectivity index (χ3n) is 3.51. The molecule has 106 valence electrons. The molecule has 0 saturated heterocycles. The van der Waals surface area contributed by atoms with Crippen LogP contribution in [-0.4, -0.2) is 23.4 Å². The molecule has 2 N–H and O–H groups in total. The summed E-state index contributed by atoms with van der Waals surface area (Å²) >= 11 is 0. The summed E-state index contributed by atoms with van der Waals surface area (Å²) in [6.45, 7) is -0.802. The summed E-state index contributed by atoms with van der Waals surface area (Å²) in [6.07, 6.45) is 0.223. The second-order valence-electron chi connectivity index (χ2n) is 4.88. The van der Waals surface area contributed by atoms with Crippen LogP contribution in [0.25, 0.3) is 0 Å². The van der Waals surface area contributed by atoms with Gasteiger partial charge in [0.1, 0.15) is 11.6 Å². The third-order valence-corrected chi connectivity index (χ3v) is 3.51. The second-order valence-corrected chi connectivity index (χ2v) is 4.88. The second kappa shape index (κ2) is 6.11. The predicted octanol–water partition coefficient (Wildman–Crippen LogP) is 2.43. The van der Waals surface area contributed by atoms with Gasteiger partial charge in [0.25, 0.3) is 0 Å². The maximum Gasteiger partial charge on any atom is 0.127 e. The Bertz CT molecular complexity index is 563. The molecule has 0 fully saturated rings. The van der Waals surface area contributed by atoms with E-state index >= 15 is 0 Å². The van der Waals surface area contributed by atoms with Gasteiger partial charge in [-0.15, -0.1) is 0 Å². The highest BCUT2D eigenvalue weighted by Gasteiger charge is 2.33. The average Bonchev–Trinajstić information content (AvgIpc) is 2.48. The average molecular weight is 278 g/mol. The molecular weight excluding hydrogens is 262 g/mol. The predicted molar refractivity (Wildman–Crippen MR) is 72.4 cm³/mol. The summed E-state index contributed by atoms with van der Waals surface area (Å²) in [5.41, 5.74) is -0.143. The molecule has 0 radical (unpaired) electrons. The van der Waals surface area contributed by atoms with Crippen molar-refractivity contribution >= 4 is 0 Å². The number of aliphatic hydroxyl groups excluding tert-OH is 2. The molecule has 0 unspecified atom stereocenters. The monoisotopic (exact) mass is 278 g/mol. The van der Waals surface area contributed by atoms with Crippen LogP contribution in [0.15, 0.2) is 48.5 Å². The topological polar surface area (TPSA) is 40.5 Å². The number of halogens is 2. The first-order valence-electron chi connectivity index (χ1n) is 6.32. The van der Waals surface area contributed by atoms with Crippen molar-refractivity contribution in [3.63, 3.8) is 0 Å². The van der Waals surface area contributed by atoms with Gasteiger partial charge in [-0.2, -0.15) is 0 Å². The standard InChI is InChI=1S/C16H16F2O2/c17-13-7-5-12(6-8-13)9-16(10-19,11-20)14-3-1-2-4-15(14)18/h1-8,19-20H,9-11H2. The Morgan fingerprint density at radius 2 is 1.45 bits per heavy atom. The van der Waals surface area contributed by atoms with E-state index in [1.807, 2.05) is 0 Å². The lowest BCUT2D eigenvalue weighted by Gasteiger charge is -2.31. The largest absolute Gasteiger partial charge is 0.395 e. The van der Waals surface area contributed by atoms with E-state index in [0.29, 0.717) is 0 Å². The van der Waals surface area contributed by atoms with E-state index in [1.165, 1.54) is 18.2 Å². The number of hydrogen-bond donors (Lipinski definition) is 2. The molecule has 2 aromatic rings. The molecule has 2 nitrogen and oxygen atoms in total. The van der Waals surface area contributed by atoms with E-state index in [-0.39, 0.29) is 17.8 Å². The van der Waals surface area contributed by atoms with Crippen molar-refractivity contribution in [3.8, 4) is 0 Å². The molecule has 20 heavy (non-hydrogen) atoms. The van der Waals surface area contributed by atoms with Crippen LogP contribution in [0.3, 0.4) is 0 Å². The van der Waals surface area contributed by atoms with E-state index < -0.39 is 24.4 Å². The first-order valence-corrected chi connectivity index (χ1v) is 6.32. The van der Waals surface area contributed by atoms with Crippen LogP contribution in [0.2, 0.25) is 0 Å². The summed E-state index contributed by atoms with van der Waals surface area (Å²) in [7, 11) is 0. The molecule has 0 aromatic heterocycles. The van der Waals surface area contributed by atoms with Crippen molar-refractivity contribution in [1.82, 2.24) is 0 Å². The van der Waals surface area contributed by atoms with E-state index in [9.17, 15) is 19.0 Å². The molecule has 0 saturated carbocycles. The zero-order chi connectivity index (χ0) is 14.6. The van der Waals surface area contributed by atoms with Crippen molar-refractivity contribution in [2.75, 3.05) is 13.2 Å². The van der Waals surface area contributed by atoms with Crippen LogP contribution < -0.4 is 0 Å². The minimum Gasteiger partial charge on any atom is -0.395 e. The fourth-order valence-corrected chi connectivity index (χ4v) is 2.31. The quantitative estimate of drug-likeness (QED) is 0.882. The van der Waals surface area contributed by atoms with Gasteiger partial charge in [0, 0.05) is 5.41 Å². The Hall–Kier alpha value is -1.78. The zero-order valence-corrected chi connectivity index (χ0v) is 10.9. The van der Waals surface area contributed by atoms with Crippen molar-refractivity contribution in [1.29, 1.82) is 0 Å². The minimum absolute atomic E-state index is 0.223. The van der Waals surface area contributed by atoms with Gasteiger partial charge in [0.05, 0.1) is 13.2 Å². The number of benzene rings is 2. The van der Waals surface area contributed by atoms with E-state index in [1.54, 1.807) is 30.3 Å². The molecule has 4 heteroatoms. The lowest BCUT2D eigenvalue weighted by atomic mass is 9.76. The molecule has 0 aliphatic rings. The fourth-order valence-electron chi connectivity index (χ4n) is 2.31. The first kappa shape index (κ1) is 14.6. The molecular formula is C16H16F2O2. The van der Waals surface area contributed by atoms with Gasteiger partial charge in [-0.1, -0.05) is 30.3 Å². The summed E-state index contributed by atoms with van der Waals surface area (Å²) < 4.78 is 26.9. The number of rotatable bonds is 5. The maximum atomic E-state index is 13.9. The van der Waals surface area contributed by atoms with Crippen LogP contribution in [0.5, 0.6) is 0 Å². The molecule has 0 atom stereocenters. The fraction of sp³-hybridized carbons (Fsp3) is 0.250. The molecule has 0 heterocycles. The Morgan fingerprint density at radius 1 is 0.850 bits per heavy atom. The van der Waals surface area contributed by atoms with E-state index in [0.717, 1.165) is 5.56 Å². The molecule has 0 bridgehead atoms. The SMILES string of the molecule is OCC(CO)(Cc1ccc(F)cc1)c1ccccc1F. The summed E-state index contributed by atoms with van der Waals surface area (Å²) in [5, 5.41) is 19.3. The Balaban J connectivity index is 2.39. The van der Waals surface area contributed by atoms with Crippen LogP contribution in [0.4, 0.5) is 8.78 Å². The van der Waals surface area contributed by atoms with Gasteiger partial charge in [0.15, 0.2) is 0 Å². The van der Waals surface area contributed by atoms with Crippen molar-refractivity contribution in [2.45, 2.75) is 11.8 Å². The van der Waals surface area contributed by atoms with Crippen LogP contribution >= 0.6 is 0 Å². The number of aliphatic hydroxyl groups is 2. The van der Waals surface area contributed by atoms with Gasteiger partial charge >= 0.3 is 0 Å². The highest BCUT2D eigenvalue weighted by molar-refractivity contribution is 5.31. The highest BCUT2D eigenvalue weighted by atomic mass is 19.1. The summed E-state index contributed by atoms with van der Waals surface area (Å²) in [5.74, 6) is -0.837. The highest BCUT2D eigenvalue weighted by Crippen LogP contribution is 2.30. The van der Waals surface area contributed by atoms with E-state index in [4.69, 9.17) is 0 Å². The van der Waals surface area contributed by atoms with Gasteiger partial charge in [-0.05, 0) is 35.7 Å². The van der Waals surface area contributed by atoms with Gasteiger partial charge in [-0.25, -0.2) is 8.78 Å². The molecule has 0 spiro atoms. The molecule has 2 aromatic carbocycles. The minimum atomic E-state index is -1.12. The van der Waals surface area contributed by atoms with Crippen molar-refractivity contribution in [2.24, 2.45) is 0 Å². The maximum absolute atomic E-state index is 13.9. The van der Waals surface area contributed by atoms with Crippen LogP contribution in [-0.2, 0) is 11.8 Å². The van der Waals surface area contributed by atoms with Crippen molar-refractivity contribution in [3.05, 3.63) is 71.3 Å². The molecule has 0 amide bonds. The molecule has 0 aliphatic heterocycles. The normalized spacial score (nSPS) is 11.6. The van der Waals surface area contributed by atoms with Gasteiger partial charge in [-0.3, -0.25) is 0 Å². The smallest absolute Gasteiger partial charge is 0.127 e. The summed E-state index contributed by atoms with van der Waals surface area (Å²) in [6, 6.07) is 11.8. The lowest BCUT2D eigenvalue weighted by molar-refractivity contribution is 0.113. The van der Waals surface area contributed by atoms with Crippen LogP contribution in [0.1, 0.15) is 11.1 Å². The van der Waals surface area contributed by atoms with E-state index in [2.05, 4.69) is 0 Å².